The van der Waals surface area contributed by atoms with Crippen molar-refractivity contribution in [3.8, 4) is 5.69 Å². The van der Waals surface area contributed by atoms with E-state index >= 15 is 0 Å². The van der Waals surface area contributed by atoms with Crippen molar-refractivity contribution in [3.63, 3.8) is 0 Å². The molecule has 1 aromatic carbocycles. The molecular weight excluding hydrogens is 304 g/mol. The Morgan fingerprint density at radius 1 is 1.32 bits per heavy atom. The average molecular weight is 323 g/mol. The molecule has 0 saturated heterocycles. The first-order valence-electron chi connectivity index (χ1n) is 7.27. The van der Waals surface area contributed by atoms with E-state index < -0.39 is 0 Å². The molecule has 0 radical (unpaired) electrons. The molecule has 0 bridgehead atoms. The third-order valence-corrected chi connectivity index (χ3v) is 3.50. The summed E-state index contributed by atoms with van der Waals surface area (Å²) >= 11 is 6.10. The van der Waals surface area contributed by atoms with Crippen LogP contribution in [-0.4, -0.2) is 32.6 Å². The number of nitrogens with one attached hydrogen (secondary N) is 1. The molecule has 2 rings (SSSR count). The van der Waals surface area contributed by atoms with Crippen molar-refractivity contribution >= 4 is 17.5 Å². The van der Waals surface area contributed by atoms with Gasteiger partial charge in [0, 0.05) is 6.54 Å². The van der Waals surface area contributed by atoms with Crippen LogP contribution in [0.1, 0.15) is 42.4 Å². The van der Waals surface area contributed by atoms with Crippen LogP contribution in [-0.2, 0) is 6.61 Å². The maximum atomic E-state index is 12.1. The highest BCUT2D eigenvalue weighted by Gasteiger charge is 2.19. The van der Waals surface area contributed by atoms with Crippen LogP contribution in [0.4, 0.5) is 0 Å². The highest BCUT2D eigenvalue weighted by Crippen LogP contribution is 2.19. The van der Waals surface area contributed by atoms with Gasteiger partial charge in [0.15, 0.2) is 5.69 Å². The summed E-state index contributed by atoms with van der Waals surface area (Å²) < 4.78 is 0. The van der Waals surface area contributed by atoms with Gasteiger partial charge in [-0.2, -0.15) is 0 Å². The zero-order chi connectivity index (χ0) is 15.9. The molecular formula is C15H19ClN4O2. The number of aromatic nitrogens is 3. The predicted octanol–water partition coefficient (Wildman–Crippen LogP) is 2.33. The number of para-hydroxylation sites is 1. The number of rotatable bonds is 7. The molecule has 118 valence electrons. The Morgan fingerprint density at radius 3 is 2.77 bits per heavy atom. The monoisotopic (exact) mass is 322 g/mol. The number of hydrogen-bond donors (Lipinski definition) is 2. The third kappa shape index (κ3) is 3.84. The van der Waals surface area contributed by atoms with E-state index in [1.165, 1.54) is 4.80 Å². The molecule has 6 nitrogen and oxygen atoms in total. The topological polar surface area (TPSA) is 80.0 Å². The van der Waals surface area contributed by atoms with Gasteiger partial charge in [0.05, 0.1) is 11.6 Å². The van der Waals surface area contributed by atoms with E-state index in [1.54, 1.807) is 24.3 Å². The van der Waals surface area contributed by atoms with Crippen LogP contribution in [0.3, 0.4) is 0 Å². The molecule has 0 aliphatic carbocycles. The van der Waals surface area contributed by atoms with E-state index in [4.69, 9.17) is 11.6 Å². The number of aliphatic hydroxyl groups is 1. The van der Waals surface area contributed by atoms with Crippen molar-refractivity contribution in [3.05, 3.63) is 40.7 Å². The fourth-order valence-corrected chi connectivity index (χ4v) is 2.21. The van der Waals surface area contributed by atoms with Crippen molar-refractivity contribution in [2.24, 2.45) is 0 Å². The van der Waals surface area contributed by atoms with Crippen LogP contribution in [0.2, 0.25) is 5.02 Å². The lowest BCUT2D eigenvalue weighted by Crippen LogP contribution is -2.26. The molecule has 0 saturated carbocycles. The molecule has 22 heavy (non-hydrogen) atoms. The van der Waals surface area contributed by atoms with Crippen molar-refractivity contribution < 1.29 is 9.90 Å². The number of amides is 1. The average Bonchev–Trinajstić information content (AvgIpc) is 2.96. The molecule has 0 aliphatic heterocycles. The Labute approximate surface area is 134 Å². The minimum absolute atomic E-state index is 0.124. The zero-order valence-electron chi connectivity index (χ0n) is 12.4. The van der Waals surface area contributed by atoms with Gasteiger partial charge >= 0.3 is 0 Å². The number of nitrogens with zero attached hydrogens (tertiary/aromatic N) is 3. The van der Waals surface area contributed by atoms with Gasteiger partial charge in [0.25, 0.3) is 5.91 Å². The minimum Gasteiger partial charge on any atom is -0.390 e. The lowest BCUT2D eigenvalue weighted by Gasteiger charge is -2.03. The second-order valence-corrected chi connectivity index (χ2v) is 5.26. The first kappa shape index (κ1) is 16.5. The molecule has 0 fully saturated rings. The lowest BCUT2D eigenvalue weighted by molar-refractivity contribution is 0.0944. The van der Waals surface area contributed by atoms with Gasteiger partial charge in [-0.25, -0.2) is 0 Å². The summed E-state index contributed by atoms with van der Waals surface area (Å²) in [6, 6.07) is 7.05. The first-order valence-corrected chi connectivity index (χ1v) is 7.65. The third-order valence-electron chi connectivity index (χ3n) is 3.18. The van der Waals surface area contributed by atoms with E-state index in [9.17, 15) is 9.90 Å². The van der Waals surface area contributed by atoms with Gasteiger partial charge in [0.2, 0.25) is 0 Å². The number of benzene rings is 1. The molecule has 0 atom stereocenters. The Kier molecular flexibility index (Phi) is 5.91. The van der Waals surface area contributed by atoms with Crippen LogP contribution >= 0.6 is 11.6 Å². The Hall–Kier alpha value is -1.92. The summed E-state index contributed by atoms with van der Waals surface area (Å²) in [6.07, 6.45) is 3.05. The van der Waals surface area contributed by atoms with Gasteiger partial charge in [-0.05, 0) is 18.6 Å². The summed E-state index contributed by atoms with van der Waals surface area (Å²) in [4.78, 5) is 13.4. The molecule has 2 aromatic rings. The second kappa shape index (κ2) is 7.91. The number of unbranched alkanes of at least 4 members (excludes halogenated alkanes) is 2. The molecule has 1 aromatic heterocycles. The maximum Gasteiger partial charge on any atom is 0.273 e. The summed E-state index contributed by atoms with van der Waals surface area (Å²) in [5.74, 6) is -0.335. The summed E-state index contributed by atoms with van der Waals surface area (Å²) in [5.41, 5.74) is 0.913. The van der Waals surface area contributed by atoms with E-state index in [0.717, 1.165) is 19.3 Å². The Balaban J connectivity index is 2.18. The molecule has 7 heteroatoms. The normalized spacial score (nSPS) is 10.7. The fraction of sp³-hybridized carbons (Fsp3) is 0.400. The van der Waals surface area contributed by atoms with Crippen LogP contribution in [0.5, 0.6) is 0 Å². The highest BCUT2D eigenvalue weighted by atomic mass is 35.5. The first-order chi connectivity index (χ1) is 10.7. The lowest BCUT2D eigenvalue weighted by atomic mass is 10.2. The van der Waals surface area contributed by atoms with Crippen molar-refractivity contribution in [1.29, 1.82) is 0 Å². The number of halogens is 1. The largest absolute Gasteiger partial charge is 0.390 e. The SMILES string of the molecule is CCCCCNC(=O)c1nn(-c2ccccc2Cl)nc1CO. The van der Waals surface area contributed by atoms with E-state index in [2.05, 4.69) is 22.4 Å². The number of carbonyl (C=O) groups excluding carboxylic acids is 1. The molecule has 2 N–H and O–H groups in total. The van der Waals surface area contributed by atoms with Gasteiger partial charge in [-0.15, -0.1) is 15.0 Å². The van der Waals surface area contributed by atoms with Gasteiger partial charge in [0.1, 0.15) is 11.4 Å². The van der Waals surface area contributed by atoms with Gasteiger partial charge in [-0.1, -0.05) is 43.5 Å². The summed E-state index contributed by atoms with van der Waals surface area (Å²) in [6.45, 7) is 2.32. The van der Waals surface area contributed by atoms with E-state index in [-0.39, 0.29) is 23.9 Å². The van der Waals surface area contributed by atoms with Gasteiger partial charge < -0.3 is 10.4 Å². The van der Waals surface area contributed by atoms with Crippen LogP contribution < -0.4 is 5.32 Å². The number of carbonyl (C=O) groups is 1. The molecule has 1 amide bonds. The summed E-state index contributed by atoms with van der Waals surface area (Å²) in [7, 11) is 0. The number of hydrogen-bond acceptors (Lipinski definition) is 4. The second-order valence-electron chi connectivity index (χ2n) is 4.86. The molecule has 0 unspecified atom stereocenters. The Morgan fingerprint density at radius 2 is 2.09 bits per heavy atom. The standard InChI is InChI=1S/C15H19ClN4O2/c1-2-3-6-9-17-15(22)14-12(10-21)18-20(19-14)13-8-5-4-7-11(13)16/h4-5,7-8,21H,2-3,6,9-10H2,1H3,(H,17,22). The van der Waals surface area contributed by atoms with Gasteiger partial charge in [-0.3, -0.25) is 4.79 Å². The predicted molar refractivity (Wildman–Crippen MR) is 84.2 cm³/mol. The van der Waals surface area contributed by atoms with E-state index in [0.29, 0.717) is 17.3 Å². The minimum atomic E-state index is -0.359. The van der Waals surface area contributed by atoms with Crippen LogP contribution in [0.15, 0.2) is 24.3 Å². The molecule has 1 heterocycles. The smallest absolute Gasteiger partial charge is 0.273 e. The zero-order valence-corrected chi connectivity index (χ0v) is 13.2. The van der Waals surface area contributed by atoms with Crippen molar-refractivity contribution in [2.45, 2.75) is 32.8 Å². The Bertz CT molecular complexity index is 642. The van der Waals surface area contributed by atoms with E-state index in [1.807, 2.05) is 0 Å². The number of aliphatic hydroxyl groups excluding tert-OH is 1. The van der Waals surface area contributed by atoms with Crippen molar-refractivity contribution in [1.82, 2.24) is 20.3 Å². The highest BCUT2D eigenvalue weighted by molar-refractivity contribution is 6.32. The van der Waals surface area contributed by atoms with Crippen LogP contribution in [0.25, 0.3) is 5.69 Å². The quantitative estimate of drug-likeness (QED) is 0.767. The fourth-order valence-electron chi connectivity index (χ4n) is 2.00. The maximum absolute atomic E-state index is 12.1. The van der Waals surface area contributed by atoms with Crippen molar-refractivity contribution in [2.75, 3.05) is 6.54 Å². The van der Waals surface area contributed by atoms with Crippen LogP contribution in [0, 0.1) is 0 Å². The summed E-state index contributed by atoms with van der Waals surface area (Å²) in [5, 5.41) is 20.9. The molecule has 0 aliphatic rings. The molecule has 0 spiro atoms.